The van der Waals surface area contributed by atoms with Crippen molar-refractivity contribution in [1.82, 2.24) is 5.32 Å². The number of carboxylic acids is 1. The quantitative estimate of drug-likeness (QED) is 0.320. The van der Waals surface area contributed by atoms with Crippen LogP contribution in [-0.4, -0.2) is 44.7 Å². The molecule has 0 aliphatic carbocycles. The van der Waals surface area contributed by atoms with E-state index < -0.39 is 39.1 Å². The van der Waals surface area contributed by atoms with Gasteiger partial charge in [-0.15, -0.1) is 0 Å². The molecule has 0 amide bonds. The van der Waals surface area contributed by atoms with Crippen molar-refractivity contribution in [2.24, 2.45) is 0 Å². The van der Waals surface area contributed by atoms with Gasteiger partial charge in [0.05, 0.1) is 24.0 Å². The molecule has 202 valence electrons. The van der Waals surface area contributed by atoms with Crippen LogP contribution >= 0.6 is 0 Å². The molecule has 0 bridgehead atoms. The zero-order chi connectivity index (χ0) is 27.9. The molecule has 0 unspecified atom stereocenters. The number of halogens is 3. The van der Waals surface area contributed by atoms with Gasteiger partial charge in [-0.05, 0) is 53.1 Å². The van der Waals surface area contributed by atoms with Crippen LogP contribution in [0, 0.1) is 0 Å². The van der Waals surface area contributed by atoms with Crippen LogP contribution in [0.5, 0.6) is 5.75 Å². The standard InChI is InChI=1S/C27H26F3NO6S/c1-37-25-10-7-18(14-26(33)34)13-24(25)23-9-8-20(27(28,29)30)15-19(23)16-31-12-11-21(32)17-38(35,36)22-5-3-2-4-6-22/h2-10,13,15,31H,11-12,14,16-17H2,1H3,(H,33,34). The average Bonchev–Trinajstić information content (AvgIpc) is 2.86. The van der Waals surface area contributed by atoms with Crippen LogP contribution in [0.15, 0.2) is 71.6 Å². The molecular weight excluding hydrogens is 523 g/mol. The minimum absolute atomic E-state index is 0.0361. The van der Waals surface area contributed by atoms with Crippen molar-refractivity contribution in [2.45, 2.75) is 30.5 Å². The van der Waals surface area contributed by atoms with E-state index in [0.29, 0.717) is 22.4 Å². The Morgan fingerprint density at radius 2 is 1.68 bits per heavy atom. The zero-order valence-electron chi connectivity index (χ0n) is 20.4. The van der Waals surface area contributed by atoms with Crippen LogP contribution in [0.3, 0.4) is 0 Å². The summed E-state index contributed by atoms with van der Waals surface area (Å²) in [7, 11) is -2.40. The Morgan fingerprint density at radius 1 is 0.974 bits per heavy atom. The third-order valence-corrected chi connectivity index (χ3v) is 7.38. The first kappa shape index (κ1) is 28.9. The number of nitrogens with one attached hydrogen (secondary N) is 1. The van der Waals surface area contributed by atoms with E-state index in [0.717, 1.165) is 12.1 Å². The normalized spacial score (nSPS) is 11.8. The lowest BCUT2D eigenvalue weighted by atomic mass is 9.94. The molecule has 38 heavy (non-hydrogen) atoms. The van der Waals surface area contributed by atoms with Gasteiger partial charge >= 0.3 is 12.1 Å². The van der Waals surface area contributed by atoms with Gasteiger partial charge in [-0.1, -0.05) is 30.3 Å². The number of alkyl halides is 3. The number of ketones is 1. The molecule has 3 aromatic carbocycles. The van der Waals surface area contributed by atoms with Crippen molar-refractivity contribution in [3.05, 3.63) is 83.4 Å². The first-order chi connectivity index (χ1) is 17.9. The highest BCUT2D eigenvalue weighted by atomic mass is 32.2. The zero-order valence-corrected chi connectivity index (χ0v) is 21.2. The SMILES string of the molecule is COc1ccc(CC(=O)O)cc1-c1ccc(C(F)(F)F)cc1CNCCC(=O)CS(=O)(=O)c1ccccc1. The number of aliphatic carboxylic acids is 1. The van der Waals surface area contributed by atoms with Crippen molar-refractivity contribution < 1.29 is 41.0 Å². The molecule has 0 atom stereocenters. The maximum Gasteiger partial charge on any atom is 0.416 e. The summed E-state index contributed by atoms with van der Waals surface area (Å²) in [6.07, 6.45) is -5.01. The molecule has 0 radical (unpaired) electrons. The topological polar surface area (TPSA) is 110 Å². The van der Waals surface area contributed by atoms with Crippen LogP contribution in [-0.2, 0) is 38.6 Å². The second-order valence-electron chi connectivity index (χ2n) is 8.51. The Kier molecular flexibility index (Phi) is 9.29. The second-order valence-corrected chi connectivity index (χ2v) is 10.5. The van der Waals surface area contributed by atoms with Crippen LogP contribution in [0.25, 0.3) is 11.1 Å². The number of carbonyl (C=O) groups is 2. The van der Waals surface area contributed by atoms with E-state index in [9.17, 15) is 31.2 Å². The van der Waals surface area contributed by atoms with Crippen molar-refractivity contribution in [2.75, 3.05) is 19.4 Å². The summed E-state index contributed by atoms with van der Waals surface area (Å²) < 4.78 is 70.4. The van der Waals surface area contributed by atoms with Crippen LogP contribution in [0.4, 0.5) is 13.2 Å². The van der Waals surface area contributed by atoms with Gasteiger partial charge in [0, 0.05) is 25.1 Å². The molecular formula is C27H26F3NO6S. The molecule has 3 aromatic rings. The van der Waals surface area contributed by atoms with E-state index in [4.69, 9.17) is 9.84 Å². The third kappa shape index (κ3) is 7.65. The van der Waals surface area contributed by atoms with E-state index in [1.807, 2.05) is 0 Å². The molecule has 0 saturated carbocycles. The fraction of sp³-hybridized carbons (Fsp3) is 0.259. The van der Waals surface area contributed by atoms with Crippen molar-refractivity contribution in [3.8, 4) is 16.9 Å². The fourth-order valence-electron chi connectivity index (χ4n) is 3.88. The summed E-state index contributed by atoms with van der Waals surface area (Å²) in [5, 5.41) is 12.0. The Hall–Kier alpha value is -3.70. The number of hydrogen-bond acceptors (Lipinski definition) is 6. The van der Waals surface area contributed by atoms with E-state index in [2.05, 4.69) is 5.32 Å². The number of Topliss-reactive ketones (excluding diaryl/α,β-unsaturated/α-hetero) is 1. The van der Waals surface area contributed by atoms with E-state index in [1.54, 1.807) is 36.4 Å². The monoisotopic (exact) mass is 549 g/mol. The average molecular weight is 550 g/mol. The summed E-state index contributed by atoms with van der Waals surface area (Å²) in [5.74, 6) is -1.93. The minimum atomic E-state index is -4.59. The van der Waals surface area contributed by atoms with Crippen molar-refractivity contribution in [3.63, 3.8) is 0 Å². The first-order valence-corrected chi connectivity index (χ1v) is 13.2. The van der Waals surface area contributed by atoms with E-state index in [1.165, 1.54) is 25.3 Å². The largest absolute Gasteiger partial charge is 0.496 e. The smallest absolute Gasteiger partial charge is 0.416 e. The number of sulfone groups is 1. The summed E-state index contributed by atoms with van der Waals surface area (Å²) in [4.78, 5) is 23.5. The first-order valence-electron chi connectivity index (χ1n) is 11.5. The lowest BCUT2D eigenvalue weighted by Gasteiger charge is -2.17. The highest BCUT2D eigenvalue weighted by Gasteiger charge is 2.31. The van der Waals surface area contributed by atoms with Crippen LogP contribution < -0.4 is 10.1 Å². The van der Waals surface area contributed by atoms with Gasteiger partial charge in [0.25, 0.3) is 0 Å². The fourth-order valence-corrected chi connectivity index (χ4v) is 5.18. The molecule has 3 rings (SSSR count). The molecule has 0 saturated heterocycles. The second kappa shape index (κ2) is 12.2. The maximum absolute atomic E-state index is 13.4. The number of carboxylic acid groups (broad SMARTS) is 1. The Labute approximate surface area is 218 Å². The summed E-state index contributed by atoms with van der Waals surface area (Å²) in [5.41, 5.74) is 0.630. The summed E-state index contributed by atoms with van der Waals surface area (Å²) in [6.45, 7) is -0.0285. The molecule has 0 spiro atoms. The molecule has 11 heteroatoms. The number of ether oxygens (including phenoxy) is 1. The van der Waals surface area contributed by atoms with Gasteiger partial charge in [0.2, 0.25) is 0 Å². The molecule has 0 aromatic heterocycles. The summed E-state index contributed by atoms with van der Waals surface area (Å²) >= 11 is 0. The number of carbonyl (C=O) groups excluding carboxylic acids is 1. The molecule has 0 fully saturated rings. The van der Waals surface area contributed by atoms with Gasteiger partial charge in [0.15, 0.2) is 9.84 Å². The van der Waals surface area contributed by atoms with E-state index >= 15 is 0 Å². The third-order valence-electron chi connectivity index (χ3n) is 5.69. The van der Waals surface area contributed by atoms with Gasteiger partial charge in [-0.25, -0.2) is 8.42 Å². The summed E-state index contributed by atoms with van der Waals surface area (Å²) in [6, 6.07) is 15.4. The van der Waals surface area contributed by atoms with Gasteiger partial charge in [-0.2, -0.15) is 13.2 Å². The minimum Gasteiger partial charge on any atom is -0.496 e. The highest BCUT2D eigenvalue weighted by Crippen LogP contribution is 2.37. The van der Waals surface area contributed by atoms with Gasteiger partial charge in [0.1, 0.15) is 17.3 Å². The predicted octanol–water partition coefficient (Wildman–Crippen LogP) is 4.53. The van der Waals surface area contributed by atoms with Crippen LogP contribution in [0.1, 0.15) is 23.1 Å². The molecule has 0 heterocycles. The van der Waals surface area contributed by atoms with E-state index in [-0.39, 0.29) is 36.4 Å². The maximum atomic E-state index is 13.4. The Morgan fingerprint density at radius 3 is 2.32 bits per heavy atom. The lowest BCUT2D eigenvalue weighted by molar-refractivity contribution is -0.138. The molecule has 2 N–H and O–H groups in total. The highest BCUT2D eigenvalue weighted by molar-refractivity contribution is 7.92. The number of hydrogen-bond donors (Lipinski definition) is 2. The predicted molar refractivity (Wildman–Crippen MR) is 135 cm³/mol. The lowest BCUT2D eigenvalue weighted by Crippen LogP contribution is -2.23. The number of benzene rings is 3. The van der Waals surface area contributed by atoms with Crippen molar-refractivity contribution >= 4 is 21.6 Å². The van der Waals surface area contributed by atoms with Gasteiger partial charge < -0.3 is 15.2 Å². The Bertz CT molecular complexity index is 1410. The number of methoxy groups -OCH3 is 1. The number of rotatable bonds is 12. The molecule has 0 aliphatic heterocycles. The molecule has 7 nitrogen and oxygen atoms in total. The Balaban J connectivity index is 1.79. The molecule has 0 aliphatic rings. The van der Waals surface area contributed by atoms with Crippen LogP contribution in [0.2, 0.25) is 0 Å². The van der Waals surface area contributed by atoms with Gasteiger partial charge in [-0.3, -0.25) is 9.59 Å². The van der Waals surface area contributed by atoms with Crippen molar-refractivity contribution in [1.29, 1.82) is 0 Å².